The number of aryl methyl sites for hydroxylation is 1. The van der Waals surface area contributed by atoms with Crippen molar-refractivity contribution >= 4 is 19.7 Å². The third-order valence-electron chi connectivity index (χ3n) is 3.62. The number of methoxy groups -OCH3 is 1. The smallest absolute Gasteiger partial charge is 0.261 e. The van der Waals surface area contributed by atoms with Gasteiger partial charge in [0.25, 0.3) is 9.05 Å². The van der Waals surface area contributed by atoms with Crippen molar-refractivity contribution in [2.45, 2.75) is 49.7 Å². The minimum absolute atomic E-state index is 0.117. The highest BCUT2D eigenvalue weighted by molar-refractivity contribution is 8.13. The fraction of sp³-hybridized carbons (Fsp3) is 0.571. The van der Waals surface area contributed by atoms with Gasteiger partial charge in [-0.1, -0.05) is 0 Å². The van der Waals surface area contributed by atoms with Crippen LogP contribution in [0.3, 0.4) is 0 Å². The van der Waals surface area contributed by atoms with E-state index in [0.717, 1.165) is 25.7 Å². The lowest BCUT2D eigenvalue weighted by Gasteiger charge is -2.28. The van der Waals surface area contributed by atoms with Gasteiger partial charge in [0, 0.05) is 24.2 Å². The van der Waals surface area contributed by atoms with E-state index < -0.39 is 9.05 Å². The van der Waals surface area contributed by atoms with Gasteiger partial charge in [-0.3, -0.25) is 0 Å². The van der Waals surface area contributed by atoms with Gasteiger partial charge >= 0.3 is 0 Å². The first kappa shape index (κ1) is 15.6. The van der Waals surface area contributed by atoms with Crippen LogP contribution in [0.4, 0.5) is 0 Å². The summed E-state index contributed by atoms with van der Waals surface area (Å²) in [7, 11) is 3.38. The Morgan fingerprint density at radius 3 is 2.55 bits per heavy atom. The van der Waals surface area contributed by atoms with Crippen molar-refractivity contribution in [3.63, 3.8) is 0 Å². The fourth-order valence-electron chi connectivity index (χ4n) is 2.58. The zero-order valence-electron chi connectivity index (χ0n) is 11.6. The molecule has 2 atom stereocenters. The van der Waals surface area contributed by atoms with Gasteiger partial charge in [-0.25, -0.2) is 8.42 Å². The predicted molar refractivity (Wildman–Crippen MR) is 77.9 cm³/mol. The number of ether oxygens (including phenoxy) is 2. The highest BCUT2D eigenvalue weighted by Crippen LogP contribution is 2.28. The normalized spacial score (nSPS) is 23.6. The average molecular weight is 319 g/mol. The number of halogens is 1. The van der Waals surface area contributed by atoms with Gasteiger partial charge in [-0.2, -0.15) is 0 Å². The molecule has 2 unspecified atom stereocenters. The van der Waals surface area contributed by atoms with Crippen molar-refractivity contribution in [1.29, 1.82) is 0 Å². The lowest BCUT2D eigenvalue weighted by Crippen LogP contribution is -2.29. The molecule has 2 rings (SSSR count). The van der Waals surface area contributed by atoms with Gasteiger partial charge in [-0.15, -0.1) is 0 Å². The lowest BCUT2D eigenvalue weighted by molar-refractivity contribution is 0.0209. The molecule has 1 aromatic carbocycles. The van der Waals surface area contributed by atoms with E-state index in [0.29, 0.717) is 11.3 Å². The summed E-state index contributed by atoms with van der Waals surface area (Å²) in [4.78, 5) is 0.130. The summed E-state index contributed by atoms with van der Waals surface area (Å²) in [5.74, 6) is 0.674. The second kappa shape index (κ2) is 6.33. The summed E-state index contributed by atoms with van der Waals surface area (Å²) in [5, 5.41) is 0. The minimum atomic E-state index is -3.70. The molecule has 0 bridgehead atoms. The molecule has 0 aromatic heterocycles. The molecule has 0 heterocycles. The van der Waals surface area contributed by atoms with E-state index in [-0.39, 0.29) is 17.1 Å². The maximum Gasteiger partial charge on any atom is 0.261 e. The van der Waals surface area contributed by atoms with Crippen LogP contribution in [0.5, 0.6) is 5.75 Å². The summed E-state index contributed by atoms with van der Waals surface area (Å²) in [6.45, 7) is 1.71. The Morgan fingerprint density at radius 2 is 1.95 bits per heavy atom. The maximum absolute atomic E-state index is 11.3. The molecule has 1 aliphatic rings. The Balaban J connectivity index is 2.09. The monoisotopic (exact) mass is 318 g/mol. The summed E-state index contributed by atoms with van der Waals surface area (Å²) in [6.07, 6.45) is 4.37. The molecule has 1 fully saturated rings. The van der Waals surface area contributed by atoms with Crippen LogP contribution < -0.4 is 4.74 Å². The van der Waals surface area contributed by atoms with Crippen molar-refractivity contribution in [1.82, 2.24) is 0 Å². The second-order valence-electron chi connectivity index (χ2n) is 5.13. The van der Waals surface area contributed by atoms with Crippen molar-refractivity contribution in [2.75, 3.05) is 7.11 Å². The van der Waals surface area contributed by atoms with Crippen molar-refractivity contribution in [3.8, 4) is 5.75 Å². The lowest BCUT2D eigenvalue weighted by atomic mass is 9.95. The Bertz CT molecular complexity index is 571. The van der Waals surface area contributed by atoms with Gasteiger partial charge in [0.05, 0.1) is 11.0 Å². The molecule has 20 heavy (non-hydrogen) atoms. The van der Waals surface area contributed by atoms with E-state index in [1.54, 1.807) is 26.2 Å². The Morgan fingerprint density at radius 1 is 1.25 bits per heavy atom. The molecule has 1 aromatic rings. The predicted octanol–water partition coefficient (Wildman–Crippen LogP) is 3.26. The quantitative estimate of drug-likeness (QED) is 0.800. The van der Waals surface area contributed by atoms with Crippen LogP contribution in [0.15, 0.2) is 23.1 Å². The minimum Gasteiger partial charge on any atom is -0.490 e. The fourth-order valence-corrected chi connectivity index (χ4v) is 3.78. The SMILES string of the molecule is COC1CCCC(Oc2ccc(S(=O)(=O)Cl)c(C)c2)C1. The summed E-state index contributed by atoms with van der Waals surface area (Å²) < 4.78 is 34.0. The molecule has 1 aliphatic carbocycles. The van der Waals surface area contributed by atoms with Crippen molar-refractivity contribution in [2.24, 2.45) is 0 Å². The molecule has 0 aliphatic heterocycles. The number of hydrogen-bond donors (Lipinski definition) is 0. The largest absolute Gasteiger partial charge is 0.490 e. The highest BCUT2D eigenvalue weighted by atomic mass is 35.7. The first-order valence-corrected chi connectivity index (χ1v) is 8.96. The van der Waals surface area contributed by atoms with Gasteiger partial charge in [0.1, 0.15) is 11.9 Å². The topological polar surface area (TPSA) is 52.6 Å². The second-order valence-corrected chi connectivity index (χ2v) is 7.66. The van der Waals surface area contributed by atoms with Crippen LogP contribution in [0, 0.1) is 6.92 Å². The molecule has 1 saturated carbocycles. The van der Waals surface area contributed by atoms with Crippen LogP contribution in [-0.4, -0.2) is 27.7 Å². The van der Waals surface area contributed by atoms with Gasteiger partial charge in [-0.05, 0) is 49.9 Å². The van der Waals surface area contributed by atoms with E-state index in [1.807, 2.05) is 0 Å². The zero-order valence-corrected chi connectivity index (χ0v) is 13.2. The van der Waals surface area contributed by atoms with E-state index in [4.69, 9.17) is 20.2 Å². The Labute approximate surface area is 124 Å². The van der Waals surface area contributed by atoms with Crippen LogP contribution in [-0.2, 0) is 13.8 Å². The molecule has 0 radical (unpaired) electrons. The van der Waals surface area contributed by atoms with Gasteiger partial charge in [0.2, 0.25) is 0 Å². The van der Waals surface area contributed by atoms with Crippen molar-refractivity contribution in [3.05, 3.63) is 23.8 Å². The molecule has 0 amide bonds. The van der Waals surface area contributed by atoms with E-state index >= 15 is 0 Å². The Hall–Kier alpha value is -0.780. The number of rotatable bonds is 4. The van der Waals surface area contributed by atoms with Crippen molar-refractivity contribution < 1.29 is 17.9 Å². The van der Waals surface area contributed by atoms with Crippen LogP contribution in [0.25, 0.3) is 0 Å². The van der Waals surface area contributed by atoms with Crippen LogP contribution in [0.2, 0.25) is 0 Å². The molecule has 4 nitrogen and oxygen atoms in total. The highest BCUT2D eigenvalue weighted by Gasteiger charge is 2.23. The van der Waals surface area contributed by atoms with Crippen LogP contribution >= 0.6 is 10.7 Å². The Kier molecular flexibility index (Phi) is 4.94. The molecule has 0 spiro atoms. The maximum atomic E-state index is 11.3. The molecular weight excluding hydrogens is 300 g/mol. The van der Waals surface area contributed by atoms with E-state index in [2.05, 4.69) is 0 Å². The number of hydrogen-bond acceptors (Lipinski definition) is 4. The van der Waals surface area contributed by atoms with Crippen LogP contribution in [0.1, 0.15) is 31.2 Å². The molecular formula is C14H19ClO4S. The summed E-state index contributed by atoms with van der Waals surface area (Å²) in [6, 6.07) is 4.86. The first-order valence-electron chi connectivity index (χ1n) is 6.65. The molecule has 6 heteroatoms. The third kappa shape index (κ3) is 3.87. The van der Waals surface area contributed by atoms with E-state index in [9.17, 15) is 8.42 Å². The molecule has 0 saturated heterocycles. The number of benzene rings is 1. The summed E-state index contributed by atoms with van der Waals surface area (Å²) in [5.41, 5.74) is 0.594. The molecule has 112 valence electrons. The van der Waals surface area contributed by atoms with E-state index in [1.165, 1.54) is 6.07 Å². The average Bonchev–Trinajstić information content (AvgIpc) is 2.37. The van der Waals surface area contributed by atoms with Gasteiger partial charge < -0.3 is 9.47 Å². The zero-order chi connectivity index (χ0) is 14.8. The first-order chi connectivity index (χ1) is 9.40. The third-order valence-corrected chi connectivity index (χ3v) is 5.11. The standard InChI is InChI=1S/C14H19ClO4S/c1-10-8-13(6-7-14(10)20(15,16)17)19-12-5-3-4-11(9-12)18-2/h6-8,11-12H,3-5,9H2,1-2H3. The summed E-state index contributed by atoms with van der Waals surface area (Å²) >= 11 is 0. The molecule has 0 N–H and O–H groups in total. The van der Waals surface area contributed by atoms with Gasteiger partial charge in [0.15, 0.2) is 0 Å².